The van der Waals surface area contributed by atoms with Gasteiger partial charge in [-0.15, -0.1) is 0 Å². The van der Waals surface area contributed by atoms with E-state index in [0.29, 0.717) is 12.8 Å². The van der Waals surface area contributed by atoms with E-state index in [-0.39, 0.29) is 18.4 Å². The van der Waals surface area contributed by atoms with Gasteiger partial charge in [-0.05, 0) is 18.4 Å². The Bertz CT molecular complexity index is 479. The van der Waals surface area contributed by atoms with Crippen LogP contribution in [0.4, 0.5) is 0 Å². The first kappa shape index (κ1) is 20.4. The maximum atomic E-state index is 12.0. The Balaban J connectivity index is 1.97. The van der Waals surface area contributed by atoms with Crippen molar-refractivity contribution in [2.75, 3.05) is 7.11 Å². The second kappa shape index (κ2) is 12.7. The molecule has 24 heavy (non-hydrogen) atoms. The summed E-state index contributed by atoms with van der Waals surface area (Å²) in [6.45, 7) is 0.0111. The van der Waals surface area contributed by atoms with Gasteiger partial charge in [-0.25, -0.2) is 0 Å². The summed E-state index contributed by atoms with van der Waals surface area (Å²) in [6, 6.07) is 7.19. The Morgan fingerprint density at radius 3 is 1.83 bits per heavy atom. The van der Waals surface area contributed by atoms with Crippen LogP contribution in [0.25, 0.3) is 0 Å². The summed E-state index contributed by atoms with van der Waals surface area (Å²) < 4.78 is 4.61. The molecule has 1 rings (SSSR count). The molecule has 4 nitrogen and oxygen atoms in total. The van der Waals surface area contributed by atoms with Gasteiger partial charge in [0.25, 0.3) is 0 Å². The largest absolute Gasteiger partial charge is 0.469 e. The molecule has 0 saturated carbocycles. The van der Waals surface area contributed by atoms with Gasteiger partial charge in [-0.3, -0.25) is 9.59 Å². The molecule has 0 unspecified atom stereocenters. The third-order valence-corrected chi connectivity index (χ3v) is 4.22. The van der Waals surface area contributed by atoms with Gasteiger partial charge in [0.05, 0.1) is 13.7 Å². The Morgan fingerprint density at radius 1 is 0.833 bits per heavy atom. The number of carbonyl (C=O) groups is 2. The monoisotopic (exact) mass is 334 g/mol. The highest BCUT2D eigenvalue weighted by molar-refractivity contribution is 5.96. The first-order valence-corrected chi connectivity index (χ1v) is 8.97. The zero-order valence-electron chi connectivity index (χ0n) is 14.8. The number of carbonyl (C=O) groups excluding carboxylic acids is 2. The number of esters is 1. The predicted molar refractivity (Wildman–Crippen MR) is 94.9 cm³/mol. The van der Waals surface area contributed by atoms with Crippen LogP contribution in [0.15, 0.2) is 24.3 Å². The third-order valence-electron chi connectivity index (χ3n) is 4.22. The second-order valence-electron chi connectivity index (χ2n) is 6.18. The van der Waals surface area contributed by atoms with E-state index in [2.05, 4.69) is 4.74 Å². The fourth-order valence-corrected chi connectivity index (χ4v) is 2.66. The van der Waals surface area contributed by atoms with Crippen molar-refractivity contribution in [1.29, 1.82) is 0 Å². The summed E-state index contributed by atoms with van der Waals surface area (Å²) in [7, 11) is 1.43. The van der Waals surface area contributed by atoms with Gasteiger partial charge in [-0.1, -0.05) is 62.8 Å². The maximum absolute atomic E-state index is 12.0. The minimum absolute atomic E-state index is 0.0111. The van der Waals surface area contributed by atoms with Crippen molar-refractivity contribution in [3.8, 4) is 0 Å². The predicted octanol–water partition coefficient (Wildman–Crippen LogP) is 4.44. The van der Waals surface area contributed by atoms with Gasteiger partial charge >= 0.3 is 5.97 Å². The van der Waals surface area contributed by atoms with Gasteiger partial charge < -0.3 is 9.84 Å². The number of aliphatic hydroxyl groups excluding tert-OH is 1. The highest BCUT2D eigenvalue weighted by Crippen LogP contribution is 2.13. The summed E-state index contributed by atoms with van der Waals surface area (Å²) in [5.74, 6) is 0.0629. The minimum atomic E-state index is -0.120. The first-order chi connectivity index (χ1) is 11.7. The van der Waals surface area contributed by atoms with Crippen molar-refractivity contribution in [2.24, 2.45) is 0 Å². The van der Waals surface area contributed by atoms with Crippen molar-refractivity contribution in [3.63, 3.8) is 0 Å². The lowest BCUT2D eigenvalue weighted by Gasteiger charge is -2.04. The van der Waals surface area contributed by atoms with E-state index in [9.17, 15) is 9.59 Å². The molecule has 0 amide bonds. The molecule has 0 aliphatic carbocycles. The molecule has 0 saturated heterocycles. The number of ether oxygens (including phenoxy) is 1. The Labute approximate surface area is 145 Å². The Kier molecular flexibility index (Phi) is 10.8. The molecule has 0 fully saturated rings. The van der Waals surface area contributed by atoms with Crippen molar-refractivity contribution < 1.29 is 19.4 Å². The minimum Gasteiger partial charge on any atom is -0.469 e. The van der Waals surface area contributed by atoms with E-state index in [1.165, 1.54) is 20.0 Å². The fourth-order valence-electron chi connectivity index (χ4n) is 2.66. The molecule has 4 heteroatoms. The normalized spacial score (nSPS) is 10.6. The molecular weight excluding hydrogens is 304 g/mol. The van der Waals surface area contributed by atoms with E-state index >= 15 is 0 Å². The van der Waals surface area contributed by atoms with E-state index < -0.39 is 0 Å². The Morgan fingerprint density at radius 2 is 1.33 bits per heavy atom. The smallest absolute Gasteiger partial charge is 0.305 e. The summed E-state index contributed by atoms with van der Waals surface area (Å²) in [6.07, 6.45) is 9.84. The van der Waals surface area contributed by atoms with Crippen LogP contribution in [-0.4, -0.2) is 24.0 Å². The standard InChI is InChI=1S/C20H30O4/c1-24-20(23)11-9-7-5-3-2-4-6-8-10-19(22)18-14-12-17(16-21)13-15-18/h12-15,21H,2-11,16H2,1H3. The molecule has 0 bridgehead atoms. The average Bonchev–Trinajstić information content (AvgIpc) is 2.62. The molecule has 0 aromatic heterocycles. The molecule has 0 spiro atoms. The van der Waals surface area contributed by atoms with Gasteiger partial charge in [0.1, 0.15) is 0 Å². The lowest BCUT2D eigenvalue weighted by molar-refractivity contribution is -0.140. The van der Waals surface area contributed by atoms with Crippen LogP contribution in [0, 0.1) is 0 Å². The van der Waals surface area contributed by atoms with Crippen LogP contribution >= 0.6 is 0 Å². The molecular formula is C20H30O4. The highest BCUT2D eigenvalue weighted by Gasteiger charge is 2.05. The highest BCUT2D eigenvalue weighted by atomic mass is 16.5. The number of hydrogen-bond acceptors (Lipinski definition) is 4. The van der Waals surface area contributed by atoms with Crippen molar-refractivity contribution in [2.45, 2.75) is 70.8 Å². The van der Waals surface area contributed by atoms with Gasteiger partial charge in [0.2, 0.25) is 0 Å². The number of hydrogen-bond donors (Lipinski definition) is 1. The zero-order chi connectivity index (χ0) is 17.6. The SMILES string of the molecule is COC(=O)CCCCCCCCCCC(=O)c1ccc(CO)cc1. The molecule has 1 aromatic rings. The number of unbranched alkanes of at least 4 members (excludes halogenated alkanes) is 7. The second-order valence-corrected chi connectivity index (χ2v) is 6.18. The average molecular weight is 334 g/mol. The number of methoxy groups -OCH3 is 1. The molecule has 0 aliphatic heterocycles. The fraction of sp³-hybridized carbons (Fsp3) is 0.600. The summed E-state index contributed by atoms with van der Waals surface area (Å²) in [5, 5.41) is 8.99. The summed E-state index contributed by atoms with van der Waals surface area (Å²) >= 11 is 0. The quantitative estimate of drug-likeness (QED) is 0.329. The van der Waals surface area contributed by atoms with Crippen LogP contribution in [0.3, 0.4) is 0 Å². The number of ketones is 1. The molecule has 0 radical (unpaired) electrons. The first-order valence-electron chi connectivity index (χ1n) is 8.97. The van der Waals surface area contributed by atoms with Crippen molar-refractivity contribution in [3.05, 3.63) is 35.4 Å². The van der Waals surface area contributed by atoms with Crippen LogP contribution in [0.1, 0.15) is 80.1 Å². The van der Waals surface area contributed by atoms with Crippen molar-refractivity contribution in [1.82, 2.24) is 0 Å². The van der Waals surface area contributed by atoms with E-state index in [1.54, 1.807) is 24.3 Å². The third kappa shape index (κ3) is 8.82. The van der Waals surface area contributed by atoms with Gasteiger partial charge in [0.15, 0.2) is 5.78 Å². The van der Waals surface area contributed by atoms with Gasteiger partial charge in [0, 0.05) is 18.4 Å². The summed E-state index contributed by atoms with van der Waals surface area (Å²) in [4.78, 5) is 23.0. The number of rotatable bonds is 13. The van der Waals surface area contributed by atoms with Crippen LogP contribution in [-0.2, 0) is 16.1 Å². The van der Waals surface area contributed by atoms with E-state index in [0.717, 1.165) is 49.7 Å². The molecule has 0 heterocycles. The van der Waals surface area contributed by atoms with Crippen LogP contribution in [0.5, 0.6) is 0 Å². The molecule has 0 atom stereocenters. The van der Waals surface area contributed by atoms with Crippen LogP contribution < -0.4 is 0 Å². The summed E-state index contributed by atoms with van der Waals surface area (Å²) in [5.41, 5.74) is 1.57. The molecule has 0 aliphatic rings. The topological polar surface area (TPSA) is 63.6 Å². The molecule has 1 aromatic carbocycles. The lowest BCUT2D eigenvalue weighted by atomic mass is 10.0. The number of Topliss-reactive ketones (excluding diaryl/α,β-unsaturated/α-hetero) is 1. The number of benzene rings is 1. The lowest BCUT2D eigenvalue weighted by Crippen LogP contribution is -1.99. The van der Waals surface area contributed by atoms with E-state index in [1.807, 2.05) is 0 Å². The Hall–Kier alpha value is -1.68. The molecule has 1 N–H and O–H groups in total. The van der Waals surface area contributed by atoms with Gasteiger partial charge in [-0.2, -0.15) is 0 Å². The number of aliphatic hydroxyl groups is 1. The van der Waals surface area contributed by atoms with Crippen LogP contribution in [0.2, 0.25) is 0 Å². The molecule has 134 valence electrons. The maximum Gasteiger partial charge on any atom is 0.305 e. The van der Waals surface area contributed by atoms with Crippen molar-refractivity contribution >= 4 is 11.8 Å². The zero-order valence-corrected chi connectivity index (χ0v) is 14.8. The van der Waals surface area contributed by atoms with E-state index in [4.69, 9.17) is 5.11 Å².